The Hall–Kier alpha value is -5.38. The molecule has 0 spiro atoms. The van der Waals surface area contributed by atoms with Crippen molar-refractivity contribution in [2.45, 2.75) is 33.3 Å². The van der Waals surface area contributed by atoms with Crippen LogP contribution < -0.4 is 19.8 Å². The fourth-order valence-corrected chi connectivity index (χ4v) is 4.78. The van der Waals surface area contributed by atoms with Gasteiger partial charge in [-0.05, 0) is 75.2 Å². The van der Waals surface area contributed by atoms with Gasteiger partial charge >= 0.3 is 5.97 Å². The van der Waals surface area contributed by atoms with Crippen LogP contribution in [0.5, 0.6) is 17.2 Å². The Morgan fingerprint density at radius 3 is 2.64 bits per heavy atom. The highest BCUT2D eigenvalue weighted by Gasteiger charge is 2.22. The first kappa shape index (κ1) is 30.1. The summed E-state index contributed by atoms with van der Waals surface area (Å²) in [5.74, 6) is 1.55. The van der Waals surface area contributed by atoms with Crippen LogP contribution in [0.3, 0.4) is 0 Å². The van der Waals surface area contributed by atoms with Crippen molar-refractivity contribution in [1.82, 2.24) is 9.66 Å². The van der Waals surface area contributed by atoms with Gasteiger partial charge in [0.05, 0.1) is 42.8 Å². The minimum atomic E-state index is -0.857. The number of nitrogens with zero attached hydrogens (tertiary/aromatic N) is 3. The number of hydrogen-bond acceptors (Lipinski definition) is 9. The smallest absolute Gasteiger partial charge is 0.347 e. The number of allylic oxidation sites excluding steroid dienone is 1. The summed E-state index contributed by atoms with van der Waals surface area (Å²) in [4.78, 5) is 30.8. The maximum Gasteiger partial charge on any atom is 0.347 e. The second-order valence-corrected chi connectivity index (χ2v) is 9.74. The van der Waals surface area contributed by atoms with Crippen LogP contribution in [-0.4, -0.2) is 48.3 Å². The summed E-state index contributed by atoms with van der Waals surface area (Å²) in [5.41, 5.74) is 2.07. The molecular weight excluding hydrogens is 562 g/mol. The molecular formula is C34H33N3O7. The first-order valence-corrected chi connectivity index (χ1v) is 14.2. The Morgan fingerprint density at radius 1 is 1.07 bits per heavy atom. The summed E-state index contributed by atoms with van der Waals surface area (Å²) >= 11 is 0. The summed E-state index contributed by atoms with van der Waals surface area (Å²) in [6, 6.07) is 17.9. The zero-order valence-electron chi connectivity index (χ0n) is 25.0. The van der Waals surface area contributed by atoms with Gasteiger partial charge in [0.1, 0.15) is 11.3 Å². The molecule has 10 heteroatoms. The Bertz CT molecular complexity index is 1920. The second kappa shape index (κ2) is 13.3. The molecule has 1 atom stereocenters. The molecule has 0 N–H and O–H groups in total. The number of hydrogen-bond donors (Lipinski definition) is 0. The molecule has 2 heterocycles. The van der Waals surface area contributed by atoms with Gasteiger partial charge in [0, 0.05) is 5.56 Å². The Balaban J connectivity index is 1.63. The van der Waals surface area contributed by atoms with Crippen LogP contribution in [0.15, 0.2) is 87.6 Å². The van der Waals surface area contributed by atoms with Crippen molar-refractivity contribution in [3.63, 3.8) is 0 Å². The van der Waals surface area contributed by atoms with Crippen LogP contribution in [0.2, 0.25) is 0 Å². The number of esters is 1. The topological polar surface area (TPSA) is 114 Å². The van der Waals surface area contributed by atoms with Gasteiger partial charge < -0.3 is 23.4 Å². The van der Waals surface area contributed by atoms with E-state index in [4.69, 9.17) is 28.3 Å². The van der Waals surface area contributed by atoms with Crippen LogP contribution in [0.25, 0.3) is 33.5 Å². The van der Waals surface area contributed by atoms with E-state index in [1.807, 2.05) is 37.3 Å². The van der Waals surface area contributed by atoms with Crippen molar-refractivity contribution < 1.29 is 28.2 Å². The van der Waals surface area contributed by atoms with Gasteiger partial charge in [-0.1, -0.05) is 24.3 Å². The standard InChI is InChI=1S/C34H33N3O7/c1-6-12-23-17-22(18-29(41-7-2)31(23)43-21(4)34(39)42-8-3)20-35-37-32(36-26-14-10-9-13-24(26)33(37)38)30-19-25-27(40-5)15-11-16-28(25)44-30/h6,9-11,13-21H,1,7-8,12H2,2-5H3/t21-/m1/s1. The molecule has 44 heavy (non-hydrogen) atoms. The molecule has 0 bridgehead atoms. The lowest BCUT2D eigenvalue weighted by Crippen LogP contribution is -2.26. The summed E-state index contributed by atoms with van der Waals surface area (Å²) in [7, 11) is 1.58. The van der Waals surface area contributed by atoms with E-state index in [0.717, 1.165) is 10.9 Å². The number of ether oxygens (including phenoxy) is 4. The van der Waals surface area contributed by atoms with E-state index in [9.17, 15) is 9.59 Å². The van der Waals surface area contributed by atoms with Gasteiger partial charge in [-0.25, -0.2) is 9.78 Å². The minimum Gasteiger partial charge on any atom is -0.496 e. The highest BCUT2D eigenvalue weighted by molar-refractivity contribution is 5.89. The number of carbonyl (C=O) groups excluding carboxylic acids is 1. The Kier molecular flexibility index (Phi) is 9.09. The van der Waals surface area contributed by atoms with E-state index in [-0.39, 0.29) is 18.0 Å². The van der Waals surface area contributed by atoms with Crippen molar-refractivity contribution in [3.05, 3.63) is 94.8 Å². The molecule has 0 aliphatic carbocycles. The number of aromatic nitrogens is 2. The molecule has 0 saturated carbocycles. The third-order valence-electron chi connectivity index (χ3n) is 6.77. The van der Waals surface area contributed by atoms with Crippen molar-refractivity contribution in [2.24, 2.45) is 5.10 Å². The molecule has 3 aromatic carbocycles. The molecule has 0 fully saturated rings. The number of fused-ring (bicyclic) bond motifs is 2. The monoisotopic (exact) mass is 595 g/mol. The number of para-hydroxylation sites is 1. The van der Waals surface area contributed by atoms with Crippen molar-refractivity contribution in [2.75, 3.05) is 20.3 Å². The number of furan rings is 1. The number of benzene rings is 3. The molecule has 5 rings (SSSR count). The van der Waals surface area contributed by atoms with Crippen LogP contribution in [0, 0.1) is 0 Å². The highest BCUT2D eigenvalue weighted by Crippen LogP contribution is 2.35. The predicted octanol–water partition coefficient (Wildman–Crippen LogP) is 6.16. The summed E-state index contributed by atoms with van der Waals surface area (Å²) < 4.78 is 29.9. The fourth-order valence-electron chi connectivity index (χ4n) is 4.78. The van der Waals surface area contributed by atoms with Gasteiger partial charge in [-0.15, -0.1) is 6.58 Å². The SMILES string of the molecule is C=CCc1cc(C=Nn2c(-c3cc4c(OC)cccc4o3)nc3ccccc3c2=O)cc(OCC)c1O[C@H](C)C(=O)OCC. The normalized spacial score (nSPS) is 12.0. The molecule has 0 aliphatic heterocycles. The maximum absolute atomic E-state index is 13.8. The third-order valence-corrected chi connectivity index (χ3v) is 6.77. The lowest BCUT2D eigenvalue weighted by atomic mass is 10.1. The minimum absolute atomic E-state index is 0.225. The van der Waals surface area contributed by atoms with Crippen LogP contribution in [0.1, 0.15) is 31.9 Å². The number of rotatable bonds is 12. The first-order valence-electron chi connectivity index (χ1n) is 14.2. The molecule has 0 unspecified atom stereocenters. The third kappa shape index (κ3) is 6.05. The fraction of sp³-hybridized carbons (Fsp3) is 0.235. The lowest BCUT2D eigenvalue weighted by molar-refractivity contribution is -0.150. The van der Waals surface area contributed by atoms with Crippen LogP contribution >= 0.6 is 0 Å². The van der Waals surface area contributed by atoms with Crippen molar-refractivity contribution in [1.29, 1.82) is 0 Å². The van der Waals surface area contributed by atoms with Crippen LogP contribution in [0.4, 0.5) is 0 Å². The van der Waals surface area contributed by atoms with Gasteiger partial charge in [-0.2, -0.15) is 9.78 Å². The summed E-state index contributed by atoms with van der Waals surface area (Å²) in [6.45, 7) is 9.66. The number of carbonyl (C=O) groups is 1. The summed E-state index contributed by atoms with van der Waals surface area (Å²) in [6.07, 6.45) is 2.83. The van der Waals surface area contributed by atoms with Gasteiger partial charge in [-0.3, -0.25) is 4.79 Å². The van der Waals surface area contributed by atoms with Crippen molar-refractivity contribution >= 4 is 34.1 Å². The van der Waals surface area contributed by atoms with E-state index < -0.39 is 12.1 Å². The quantitative estimate of drug-likeness (QED) is 0.0958. The second-order valence-electron chi connectivity index (χ2n) is 9.74. The van der Waals surface area contributed by atoms with E-state index in [2.05, 4.69) is 11.7 Å². The average molecular weight is 596 g/mol. The molecule has 10 nitrogen and oxygen atoms in total. The Morgan fingerprint density at radius 2 is 1.89 bits per heavy atom. The number of methoxy groups -OCH3 is 1. The van der Waals surface area contributed by atoms with Gasteiger partial charge in [0.15, 0.2) is 23.4 Å². The van der Waals surface area contributed by atoms with E-state index in [0.29, 0.717) is 58.1 Å². The Labute approximate surface area is 254 Å². The van der Waals surface area contributed by atoms with Gasteiger partial charge in [0.25, 0.3) is 5.56 Å². The maximum atomic E-state index is 13.8. The van der Waals surface area contributed by atoms with E-state index in [1.165, 1.54) is 10.9 Å². The highest BCUT2D eigenvalue weighted by atomic mass is 16.6. The average Bonchev–Trinajstić information content (AvgIpc) is 3.47. The molecule has 0 aliphatic rings. The lowest BCUT2D eigenvalue weighted by Gasteiger charge is -2.20. The molecule has 0 amide bonds. The molecule has 2 aromatic heterocycles. The van der Waals surface area contributed by atoms with Gasteiger partial charge in [0.2, 0.25) is 5.82 Å². The zero-order chi connectivity index (χ0) is 31.2. The van der Waals surface area contributed by atoms with Crippen molar-refractivity contribution in [3.8, 4) is 28.8 Å². The molecule has 5 aromatic rings. The van der Waals surface area contributed by atoms with Crippen LogP contribution in [-0.2, 0) is 16.0 Å². The zero-order valence-corrected chi connectivity index (χ0v) is 25.0. The largest absolute Gasteiger partial charge is 0.496 e. The molecule has 0 saturated heterocycles. The molecule has 0 radical (unpaired) electrons. The summed E-state index contributed by atoms with van der Waals surface area (Å²) in [5, 5.41) is 5.74. The van der Waals surface area contributed by atoms with E-state index in [1.54, 1.807) is 57.4 Å². The molecule has 226 valence electrons. The van der Waals surface area contributed by atoms with E-state index >= 15 is 0 Å². The predicted molar refractivity (Wildman–Crippen MR) is 169 cm³/mol. The first-order chi connectivity index (χ1) is 21.4.